The van der Waals surface area contributed by atoms with E-state index in [1.807, 2.05) is 0 Å². The first kappa shape index (κ1) is 26.9. The van der Waals surface area contributed by atoms with Gasteiger partial charge in [-0.05, 0) is 23.8 Å². The van der Waals surface area contributed by atoms with Crippen molar-refractivity contribution in [1.29, 1.82) is 0 Å². The molecule has 1 aliphatic heterocycles. The van der Waals surface area contributed by atoms with Crippen molar-refractivity contribution in [2.45, 2.75) is 19.0 Å². The van der Waals surface area contributed by atoms with Crippen molar-refractivity contribution >= 4 is 58.2 Å². The van der Waals surface area contributed by atoms with Crippen LogP contribution in [-0.2, 0) is 32.1 Å². The topological polar surface area (TPSA) is 129 Å². The molecule has 2 aromatic carbocycles. The molecule has 2 N–H and O–H groups in total. The highest BCUT2D eigenvalue weighted by Crippen LogP contribution is 2.26. The summed E-state index contributed by atoms with van der Waals surface area (Å²) in [5.74, 6) is -3.96. The number of nitrogens with one attached hydrogen (secondary N) is 2. The number of imide groups is 1. The van der Waals surface area contributed by atoms with E-state index in [9.17, 15) is 28.4 Å². The molecule has 1 aliphatic rings. The number of urea groups is 1. The number of nitrogens with zero attached hydrogens (tertiary/aromatic N) is 3. The largest absolute Gasteiger partial charge is 0.344 e. The van der Waals surface area contributed by atoms with Crippen LogP contribution in [0.5, 0.6) is 0 Å². The van der Waals surface area contributed by atoms with Gasteiger partial charge in [-0.2, -0.15) is 0 Å². The van der Waals surface area contributed by atoms with E-state index in [1.165, 1.54) is 23.5 Å². The predicted molar refractivity (Wildman–Crippen MR) is 137 cm³/mol. The van der Waals surface area contributed by atoms with Crippen LogP contribution in [0.15, 0.2) is 60.1 Å². The van der Waals surface area contributed by atoms with Crippen LogP contribution in [0.1, 0.15) is 10.6 Å². The van der Waals surface area contributed by atoms with E-state index in [0.29, 0.717) is 15.5 Å². The Bertz CT molecular complexity index is 1370. The number of anilines is 1. The molecule has 0 bridgehead atoms. The maximum atomic E-state index is 13.5. The fraction of sp³-hybridized carbons (Fsp3) is 0.200. The summed E-state index contributed by atoms with van der Waals surface area (Å²) in [5, 5.41) is 7.08. The summed E-state index contributed by atoms with van der Waals surface area (Å²) in [5.41, 5.74) is 0.873. The fourth-order valence-corrected chi connectivity index (χ4v) is 4.47. The number of rotatable bonds is 10. The number of hydrogen-bond donors (Lipinski definition) is 2. The lowest BCUT2D eigenvalue weighted by Crippen LogP contribution is -2.51. The molecule has 0 aliphatic carbocycles. The molecule has 0 radical (unpaired) electrons. The van der Waals surface area contributed by atoms with Crippen molar-refractivity contribution < 1.29 is 28.4 Å². The summed E-state index contributed by atoms with van der Waals surface area (Å²) in [7, 11) is 0. The van der Waals surface area contributed by atoms with Crippen LogP contribution in [0.4, 0.5) is 14.9 Å². The first-order chi connectivity index (χ1) is 18.2. The third-order valence-electron chi connectivity index (χ3n) is 5.61. The van der Waals surface area contributed by atoms with Gasteiger partial charge in [0.25, 0.3) is 11.8 Å². The zero-order valence-electron chi connectivity index (χ0n) is 19.7. The van der Waals surface area contributed by atoms with E-state index >= 15 is 0 Å². The number of aromatic nitrogens is 1. The summed E-state index contributed by atoms with van der Waals surface area (Å²) < 4.78 is 13.5. The molecule has 1 aromatic heterocycles. The lowest BCUT2D eigenvalue weighted by molar-refractivity contribution is -0.140. The Morgan fingerprint density at radius 1 is 1.13 bits per heavy atom. The first-order valence-electron chi connectivity index (χ1n) is 11.3. The molecular weight excluding hydrogens is 537 g/mol. The average Bonchev–Trinajstić information content (AvgIpc) is 3.52. The Labute approximate surface area is 225 Å². The fourth-order valence-electron chi connectivity index (χ4n) is 3.74. The van der Waals surface area contributed by atoms with Crippen molar-refractivity contribution in [1.82, 2.24) is 20.5 Å². The van der Waals surface area contributed by atoms with Crippen LogP contribution in [0.3, 0.4) is 0 Å². The van der Waals surface area contributed by atoms with Gasteiger partial charge in [-0.1, -0.05) is 41.9 Å². The standard InChI is InChI=1S/C25H21ClFN5O5S/c26-17-11-16(6-7-18(17)27)31-14-22(34)32(25(31)37)13-20(33)30-19(10-15-4-2-1-3-5-15)23(35)24(36)29-12-21-28-8-9-38-21/h1-9,11,19H,10,12-14H2,(H,29,36)(H,30,33)/t19-/m1/s1. The molecule has 38 heavy (non-hydrogen) atoms. The number of halogens is 2. The highest BCUT2D eigenvalue weighted by atomic mass is 35.5. The molecule has 0 spiro atoms. The summed E-state index contributed by atoms with van der Waals surface area (Å²) in [6.45, 7) is -1.00. The lowest BCUT2D eigenvalue weighted by atomic mass is 10.0. The Balaban J connectivity index is 1.44. The van der Waals surface area contributed by atoms with Crippen molar-refractivity contribution in [3.05, 3.63) is 81.5 Å². The van der Waals surface area contributed by atoms with Gasteiger partial charge in [-0.15, -0.1) is 11.3 Å². The van der Waals surface area contributed by atoms with Gasteiger partial charge in [0.1, 0.15) is 30.0 Å². The predicted octanol–water partition coefficient (Wildman–Crippen LogP) is 2.32. The van der Waals surface area contributed by atoms with Gasteiger partial charge in [0.2, 0.25) is 11.7 Å². The van der Waals surface area contributed by atoms with Crippen LogP contribution in [0, 0.1) is 5.82 Å². The second-order valence-electron chi connectivity index (χ2n) is 8.23. The maximum absolute atomic E-state index is 13.5. The van der Waals surface area contributed by atoms with Gasteiger partial charge in [0.05, 0.1) is 11.6 Å². The van der Waals surface area contributed by atoms with Crippen molar-refractivity contribution in [2.75, 3.05) is 18.0 Å². The third-order valence-corrected chi connectivity index (χ3v) is 6.68. The van der Waals surface area contributed by atoms with Crippen LogP contribution in [0.25, 0.3) is 0 Å². The Morgan fingerprint density at radius 3 is 2.58 bits per heavy atom. The molecule has 0 saturated carbocycles. The minimum absolute atomic E-state index is 0.0121. The smallest absolute Gasteiger partial charge is 0.332 e. The molecule has 0 unspecified atom stereocenters. The van der Waals surface area contributed by atoms with Crippen molar-refractivity contribution in [3.8, 4) is 0 Å². The Hall–Kier alpha value is -4.16. The second-order valence-corrected chi connectivity index (χ2v) is 9.62. The Kier molecular flexibility index (Phi) is 8.44. The molecule has 5 amide bonds. The van der Waals surface area contributed by atoms with Gasteiger partial charge < -0.3 is 10.6 Å². The number of carbonyl (C=O) groups is 5. The molecule has 1 fully saturated rings. The average molecular weight is 558 g/mol. The zero-order chi connectivity index (χ0) is 27.2. The molecular formula is C25H21ClFN5O5S. The van der Waals surface area contributed by atoms with E-state index in [4.69, 9.17) is 11.6 Å². The van der Waals surface area contributed by atoms with E-state index in [1.54, 1.807) is 41.9 Å². The first-order valence-corrected chi connectivity index (χ1v) is 12.6. The third kappa shape index (κ3) is 6.39. The van der Waals surface area contributed by atoms with Crippen molar-refractivity contribution in [3.63, 3.8) is 0 Å². The number of thiazole rings is 1. The van der Waals surface area contributed by atoms with Crippen LogP contribution >= 0.6 is 22.9 Å². The number of carbonyl (C=O) groups excluding carboxylic acids is 5. The highest BCUT2D eigenvalue weighted by molar-refractivity contribution is 7.09. The number of ketones is 1. The minimum atomic E-state index is -1.25. The summed E-state index contributed by atoms with van der Waals surface area (Å²) in [4.78, 5) is 69.5. The van der Waals surface area contributed by atoms with Crippen LogP contribution in [-0.4, -0.2) is 58.6 Å². The molecule has 196 valence electrons. The normalized spacial score (nSPS) is 13.9. The van der Waals surface area contributed by atoms with Crippen LogP contribution in [0.2, 0.25) is 5.02 Å². The second kappa shape index (κ2) is 11.9. The van der Waals surface area contributed by atoms with E-state index in [0.717, 1.165) is 11.0 Å². The monoisotopic (exact) mass is 557 g/mol. The van der Waals surface area contributed by atoms with Gasteiger partial charge in [0.15, 0.2) is 0 Å². The van der Waals surface area contributed by atoms with Crippen LogP contribution < -0.4 is 15.5 Å². The SMILES string of the molecule is O=C(CN1C(=O)CN(c2ccc(F)c(Cl)c2)C1=O)N[C@H](Cc1ccccc1)C(=O)C(=O)NCc1nccs1. The summed E-state index contributed by atoms with van der Waals surface area (Å²) >= 11 is 7.09. The summed E-state index contributed by atoms with van der Waals surface area (Å²) in [6.07, 6.45) is 1.58. The van der Waals surface area contributed by atoms with Gasteiger partial charge in [-0.25, -0.2) is 14.2 Å². The quantitative estimate of drug-likeness (QED) is 0.291. The molecule has 13 heteroatoms. The van der Waals surface area contributed by atoms with Gasteiger partial charge >= 0.3 is 6.03 Å². The van der Waals surface area contributed by atoms with Crippen molar-refractivity contribution in [2.24, 2.45) is 0 Å². The lowest BCUT2D eigenvalue weighted by Gasteiger charge is -2.20. The van der Waals surface area contributed by atoms with Gasteiger partial charge in [-0.3, -0.25) is 29.0 Å². The molecule has 1 saturated heterocycles. The number of Topliss-reactive ketones (excluding diaryl/α,β-unsaturated/α-hetero) is 1. The summed E-state index contributed by atoms with van der Waals surface area (Å²) in [6, 6.07) is 10.2. The maximum Gasteiger partial charge on any atom is 0.332 e. The van der Waals surface area contributed by atoms with E-state index in [2.05, 4.69) is 15.6 Å². The number of benzene rings is 2. The Morgan fingerprint density at radius 2 is 1.89 bits per heavy atom. The van der Waals surface area contributed by atoms with E-state index in [-0.39, 0.29) is 30.2 Å². The zero-order valence-corrected chi connectivity index (χ0v) is 21.3. The molecule has 1 atom stereocenters. The minimum Gasteiger partial charge on any atom is -0.344 e. The molecule has 3 aromatic rings. The number of hydrogen-bond acceptors (Lipinski definition) is 7. The van der Waals surface area contributed by atoms with Gasteiger partial charge in [0, 0.05) is 23.7 Å². The molecule has 10 nitrogen and oxygen atoms in total. The molecule has 2 heterocycles. The molecule has 4 rings (SSSR count). The highest BCUT2D eigenvalue weighted by Gasteiger charge is 2.39. The number of amides is 5. The van der Waals surface area contributed by atoms with E-state index < -0.39 is 47.9 Å².